The van der Waals surface area contributed by atoms with Gasteiger partial charge >= 0.3 is 0 Å². The molecular weight excluding hydrogens is 232 g/mol. The molecule has 0 bridgehead atoms. The van der Waals surface area contributed by atoms with Gasteiger partial charge in [0.2, 0.25) is 0 Å². The van der Waals surface area contributed by atoms with Crippen molar-refractivity contribution < 1.29 is 0 Å². The van der Waals surface area contributed by atoms with E-state index in [1.54, 1.807) is 0 Å². The first-order chi connectivity index (χ1) is 9.20. The molecule has 0 aliphatic heterocycles. The Bertz CT molecular complexity index is 597. The molecule has 1 fully saturated rings. The number of pyridine rings is 1. The van der Waals surface area contributed by atoms with E-state index in [9.17, 15) is 0 Å². The van der Waals surface area contributed by atoms with E-state index in [2.05, 4.69) is 50.4 Å². The first kappa shape index (κ1) is 12.5. The summed E-state index contributed by atoms with van der Waals surface area (Å²) >= 11 is 0. The van der Waals surface area contributed by atoms with Gasteiger partial charge in [-0.15, -0.1) is 0 Å². The first-order valence-electron chi connectivity index (χ1n) is 7.38. The summed E-state index contributed by atoms with van der Waals surface area (Å²) < 4.78 is 0. The highest BCUT2D eigenvalue weighted by Crippen LogP contribution is 2.41. The minimum atomic E-state index is 0.514. The van der Waals surface area contributed by atoms with Crippen molar-refractivity contribution in [1.82, 2.24) is 4.98 Å². The molecule has 1 aromatic heterocycles. The van der Waals surface area contributed by atoms with E-state index >= 15 is 0 Å². The molecule has 1 saturated carbocycles. The van der Waals surface area contributed by atoms with Crippen molar-refractivity contribution in [2.45, 2.75) is 45.4 Å². The zero-order chi connectivity index (χ0) is 13.4. The van der Waals surface area contributed by atoms with Gasteiger partial charge in [0.1, 0.15) is 0 Å². The highest BCUT2D eigenvalue weighted by Gasteiger charge is 2.26. The normalized spacial score (nSPS) is 15.2. The quantitative estimate of drug-likeness (QED) is 0.857. The van der Waals surface area contributed by atoms with Gasteiger partial charge in [0.25, 0.3) is 0 Å². The minimum absolute atomic E-state index is 0.514. The molecule has 1 aliphatic carbocycles. The van der Waals surface area contributed by atoms with Crippen molar-refractivity contribution in [3.63, 3.8) is 0 Å². The number of fused-ring (bicyclic) bond motifs is 1. The average molecular weight is 254 g/mol. The topological polar surface area (TPSA) is 24.9 Å². The van der Waals surface area contributed by atoms with Gasteiger partial charge in [-0.2, -0.15) is 0 Å². The molecular formula is C17H22N2. The fraction of sp³-hybridized carbons (Fsp3) is 0.471. The first-order valence-corrected chi connectivity index (χ1v) is 7.38. The van der Waals surface area contributed by atoms with Crippen LogP contribution in [0.3, 0.4) is 0 Å². The van der Waals surface area contributed by atoms with Crippen LogP contribution in [0.25, 0.3) is 10.9 Å². The number of hydrogen-bond acceptors (Lipinski definition) is 2. The van der Waals surface area contributed by atoms with E-state index in [0.29, 0.717) is 11.8 Å². The maximum Gasteiger partial charge on any atom is 0.0760 e. The van der Waals surface area contributed by atoms with Crippen molar-refractivity contribution in [1.29, 1.82) is 0 Å². The molecule has 2 nitrogen and oxygen atoms in total. The Morgan fingerprint density at radius 3 is 2.74 bits per heavy atom. The molecule has 0 spiro atoms. The standard InChI is InChI=1S/C17H22N2/c1-4-18-16-10-15(12-8-9-12)19-17-13(11(2)3)6-5-7-14(16)17/h5-7,10-12H,4,8-9H2,1-3H3,(H,18,19). The van der Waals surface area contributed by atoms with E-state index in [1.807, 2.05) is 0 Å². The molecule has 0 unspecified atom stereocenters. The van der Waals surface area contributed by atoms with Crippen LogP contribution in [0.2, 0.25) is 0 Å². The predicted molar refractivity (Wildman–Crippen MR) is 82.0 cm³/mol. The average Bonchev–Trinajstić information content (AvgIpc) is 3.22. The van der Waals surface area contributed by atoms with Crippen LogP contribution >= 0.6 is 0 Å². The van der Waals surface area contributed by atoms with Crippen molar-refractivity contribution in [3.05, 3.63) is 35.5 Å². The lowest BCUT2D eigenvalue weighted by Gasteiger charge is -2.14. The molecule has 0 radical (unpaired) electrons. The van der Waals surface area contributed by atoms with Crippen molar-refractivity contribution in [3.8, 4) is 0 Å². The Morgan fingerprint density at radius 2 is 2.11 bits per heavy atom. The summed E-state index contributed by atoms with van der Waals surface area (Å²) in [6.07, 6.45) is 2.60. The molecule has 2 aromatic rings. The second kappa shape index (κ2) is 4.84. The zero-order valence-electron chi connectivity index (χ0n) is 12.0. The van der Waals surface area contributed by atoms with Gasteiger partial charge in [-0.3, -0.25) is 4.98 Å². The lowest BCUT2D eigenvalue weighted by atomic mass is 9.98. The van der Waals surface area contributed by atoms with Gasteiger partial charge in [0, 0.05) is 29.2 Å². The molecule has 1 aliphatic rings. The summed E-state index contributed by atoms with van der Waals surface area (Å²) in [6, 6.07) is 8.81. The predicted octanol–water partition coefficient (Wildman–Crippen LogP) is 4.67. The Balaban J connectivity index is 2.24. The lowest BCUT2D eigenvalue weighted by molar-refractivity contribution is 0.870. The number of para-hydroxylation sites is 1. The Kier molecular flexibility index (Phi) is 3.17. The summed E-state index contributed by atoms with van der Waals surface area (Å²) in [5.41, 5.74) is 5.07. The minimum Gasteiger partial charge on any atom is -0.385 e. The van der Waals surface area contributed by atoms with Crippen LogP contribution in [-0.2, 0) is 0 Å². The maximum atomic E-state index is 4.96. The molecule has 0 amide bonds. The lowest BCUT2D eigenvalue weighted by Crippen LogP contribution is -2.02. The van der Waals surface area contributed by atoms with Crippen molar-refractivity contribution in [2.75, 3.05) is 11.9 Å². The number of hydrogen-bond donors (Lipinski definition) is 1. The van der Waals surface area contributed by atoms with Gasteiger partial charge in [-0.05, 0) is 37.3 Å². The summed E-state index contributed by atoms with van der Waals surface area (Å²) in [5.74, 6) is 1.21. The SMILES string of the molecule is CCNc1cc(C2CC2)nc2c(C(C)C)cccc12. The molecule has 19 heavy (non-hydrogen) atoms. The Morgan fingerprint density at radius 1 is 1.32 bits per heavy atom. The number of nitrogens with zero attached hydrogens (tertiary/aromatic N) is 1. The zero-order valence-corrected chi connectivity index (χ0v) is 12.0. The molecule has 1 aromatic carbocycles. The second-order valence-electron chi connectivity index (χ2n) is 5.80. The summed E-state index contributed by atoms with van der Waals surface area (Å²) in [5, 5.41) is 4.76. The monoisotopic (exact) mass is 254 g/mol. The second-order valence-corrected chi connectivity index (χ2v) is 5.80. The maximum absolute atomic E-state index is 4.96. The summed E-state index contributed by atoms with van der Waals surface area (Å²) in [4.78, 5) is 4.96. The van der Waals surface area contributed by atoms with Crippen LogP contribution in [0.1, 0.15) is 56.7 Å². The number of anilines is 1. The number of aromatic nitrogens is 1. The molecule has 0 atom stereocenters. The highest BCUT2D eigenvalue weighted by molar-refractivity contribution is 5.93. The smallest absolute Gasteiger partial charge is 0.0760 e. The van der Waals surface area contributed by atoms with E-state index < -0.39 is 0 Å². The molecule has 3 rings (SSSR count). The molecule has 2 heteroatoms. The van der Waals surface area contributed by atoms with Crippen molar-refractivity contribution in [2.24, 2.45) is 0 Å². The van der Waals surface area contributed by atoms with Crippen LogP contribution in [0.4, 0.5) is 5.69 Å². The Hall–Kier alpha value is -1.57. The summed E-state index contributed by atoms with van der Waals surface area (Å²) in [6.45, 7) is 7.59. The van der Waals surface area contributed by atoms with Crippen LogP contribution in [0.5, 0.6) is 0 Å². The number of nitrogens with one attached hydrogen (secondary N) is 1. The third-order valence-corrected chi connectivity index (χ3v) is 3.88. The third kappa shape index (κ3) is 2.32. The third-order valence-electron chi connectivity index (χ3n) is 3.88. The molecule has 100 valence electrons. The van der Waals surface area contributed by atoms with E-state index in [1.165, 1.54) is 40.7 Å². The number of benzene rings is 1. The van der Waals surface area contributed by atoms with Crippen LogP contribution < -0.4 is 5.32 Å². The van der Waals surface area contributed by atoms with Crippen LogP contribution in [0.15, 0.2) is 24.3 Å². The van der Waals surface area contributed by atoms with Gasteiger partial charge in [-0.25, -0.2) is 0 Å². The molecule has 0 saturated heterocycles. The van der Waals surface area contributed by atoms with Gasteiger partial charge < -0.3 is 5.32 Å². The number of rotatable bonds is 4. The fourth-order valence-corrected chi connectivity index (χ4v) is 2.68. The van der Waals surface area contributed by atoms with Crippen LogP contribution in [-0.4, -0.2) is 11.5 Å². The fourth-order valence-electron chi connectivity index (χ4n) is 2.68. The molecule has 1 N–H and O–H groups in total. The van der Waals surface area contributed by atoms with Crippen LogP contribution in [0, 0.1) is 0 Å². The molecule has 1 heterocycles. The van der Waals surface area contributed by atoms with Crippen molar-refractivity contribution >= 4 is 16.6 Å². The van der Waals surface area contributed by atoms with E-state index in [0.717, 1.165) is 6.54 Å². The summed E-state index contributed by atoms with van der Waals surface area (Å²) in [7, 11) is 0. The van der Waals surface area contributed by atoms with E-state index in [4.69, 9.17) is 4.98 Å². The van der Waals surface area contributed by atoms with Gasteiger partial charge in [0.05, 0.1) is 5.52 Å². The highest BCUT2D eigenvalue weighted by atomic mass is 14.9. The largest absolute Gasteiger partial charge is 0.385 e. The van der Waals surface area contributed by atoms with E-state index in [-0.39, 0.29) is 0 Å². The van der Waals surface area contributed by atoms with Gasteiger partial charge in [0.15, 0.2) is 0 Å². The Labute approximate surface area is 115 Å². The van der Waals surface area contributed by atoms with Gasteiger partial charge in [-0.1, -0.05) is 32.0 Å².